The van der Waals surface area contributed by atoms with Crippen LogP contribution in [0, 0.1) is 20.8 Å². The molecule has 0 aliphatic carbocycles. The van der Waals surface area contributed by atoms with E-state index < -0.39 is 22.5 Å². The van der Waals surface area contributed by atoms with Crippen molar-refractivity contribution in [2.75, 3.05) is 16.2 Å². The normalized spacial score (nSPS) is 11.6. The lowest BCUT2D eigenvalue weighted by molar-refractivity contribution is -0.114. The van der Waals surface area contributed by atoms with E-state index >= 15 is 0 Å². The molecule has 182 valence electrons. The van der Waals surface area contributed by atoms with E-state index in [4.69, 9.17) is 0 Å². The summed E-state index contributed by atoms with van der Waals surface area (Å²) in [6.45, 7) is 5.23. The Morgan fingerprint density at radius 2 is 1.43 bits per heavy atom. The zero-order valence-electron chi connectivity index (χ0n) is 20.4. The SMILES string of the molecule is Cc1ccc(S(=O)(=O)N(CC(=O)Nc2ccc3c(c2)n(C)c(=O)n3C)c2cc(C)cc(C)c2)cc1. The minimum Gasteiger partial charge on any atom is -0.324 e. The Hall–Kier alpha value is -3.85. The Morgan fingerprint density at radius 3 is 2.06 bits per heavy atom. The number of aromatic nitrogens is 2. The van der Waals surface area contributed by atoms with E-state index in [0.717, 1.165) is 26.5 Å². The summed E-state index contributed by atoms with van der Waals surface area (Å²) in [4.78, 5) is 25.4. The van der Waals surface area contributed by atoms with Crippen molar-refractivity contribution in [3.63, 3.8) is 0 Å². The number of fused-ring (bicyclic) bond motifs is 1. The molecule has 0 fully saturated rings. The maximum absolute atomic E-state index is 13.6. The summed E-state index contributed by atoms with van der Waals surface area (Å²) in [6.07, 6.45) is 0. The van der Waals surface area contributed by atoms with Crippen LogP contribution in [0.25, 0.3) is 11.0 Å². The molecule has 35 heavy (non-hydrogen) atoms. The molecule has 3 aromatic carbocycles. The summed E-state index contributed by atoms with van der Waals surface area (Å²) < 4.78 is 31.4. The number of hydrogen-bond acceptors (Lipinski definition) is 4. The molecule has 1 aromatic heterocycles. The lowest BCUT2D eigenvalue weighted by Crippen LogP contribution is -2.38. The average Bonchev–Trinajstić information content (AvgIpc) is 3.00. The average molecular weight is 493 g/mol. The van der Waals surface area contributed by atoms with Crippen LogP contribution in [0.4, 0.5) is 11.4 Å². The number of sulfonamides is 1. The summed E-state index contributed by atoms with van der Waals surface area (Å²) in [7, 11) is -0.672. The maximum atomic E-state index is 13.6. The fourth-order valence-corrected chi connectivity index (χ4v) is 5.57. The highest BCUT2D eigenvalue weighted by molar-refractivity contribution is 7.92. The molecule has 0 radical (unpaired) electrons. The van der Waals surface area contributed by atoms with Gasteiger partial charge in [0.1, 0.15) is 6.54 Å². The van der Waals surface area contributed by atoms with Gasteiger partial charge in [-0.05, 0) is 74.4 Å². The predicted molar refractivity (Wildman–Crippen MR) is 138 cm³/mol. The van der Waals surface area contributed by atoms with Gasteiger partial charge in [-0.2, -0.15) is 0 Å². The van der Waals surface area contributed by atoms with Crippen LogP contribution >= 0.6 is 0 Å². The molecule has 0 aliphatic rings. The number of nitrogens with one attached hydrogen (secondary N) is 1. The Labute approximate surface area is 204 Å². The molecule has 1 N–H and O–H groups in total. The summed E-state index contributed by atoms with van der Waals surface area (Å²) in [5.41, 5.74) is 4.82. The topological polar surface area (TPSA) is 93.4 Å². The smallest absolute Gasteiger partial charge is 0.324 e. The van der Waals surface area contributed by atoms with Gasteiger partial charge in [-0.15, -0.1) is 0 Å². The Kier molecular flexibility index (Phi) is 6.29. The second kappa shape index (κ2) is 9.07. The van der Waals surface area contributed by atoms with Gasteiger partial charge in [0, 0.05) is 19.8 Å². The highest BCUT2D eigenvalue weighted by Crippen LogP contribution is 2.26. The third kappa shape index (κ3) is 4.72. The van der Waals surface area contributed by atoms with Crippen LogP contribution in [-0.2, 0) is 28.9 Å². The Balaban J connectivity index is 1.69. The van der Waals surface area contributed by atoms with Crippen LogP contribution in [0.3, 0.4) is 0 Å². The van der Waals surface area contributed by atoms with Gasteiger partial charge in [0.05, 0.1) is 21.6 Å². The molecule has 0 saturated carbocycles. The van der Waals surface area contributed by atoms with Gasteiger partial charge in [0.2, 0.25) is 5.91 Å². The van der Waals surface area contributed by atoms with Gasteiger partial charge >= 0.3 is 5.69 Å². The van der Waals surface area contributed by atoms with E-state index in [1.54, 1.807) is 68.7 Å². The van der Waals surface area contributed by atoms with E-state index in [0.29, 0.717) is 16.9 Å². The monoisotopic (exact) mass is 492 g/mol. The largest absolute Gasteiger partial charge is 0.328 e. The van der Waals surface area contributed by atoms with Crippen molar-refractivity contribution >= 4 is 38.3 Å². The molecule has 0 spiro atoms. The molecule has 1 heterocycles. The maximum Gasteiger partial charge on any atom is 0.328 e. The molecule has 4 rings (SSSR count). The summed E-state index contributed by atoms with van der Waals surface area (Å²) in [5, 5.41) is 2.78. The molecular weight excluding hydrogens is 464 g/mol. The second-order valence-electron chi connectivity index (χ2n) is 8.82. The van der Waals surface area contributed by atoms with E-state index in [1.807, 2.05) is 26.8 Å². The molecule has 0 atom stereocenters. The minimum absolute atomic E-state index is 0.107. The van der Waals surface area contributed by atoms with Crippen molar-refractivity contribution in [3.05, 3.63) is 87.8 Å². The number of rotatable bonds is 6. The first-order chi connectivity index (χ1) is 16.5. The number of anilines is 2. The van der Waals surface area contributed by atoms with Gasteiger partial charge in [-0.3, -0.25) is 18.2 Å². The fraction of sp³-hybridized carbons (Fsp3) is 0.231. The van der Waals surface area contributed by atoms with Gasteiger partial charge in [0.15, 0.2) is 0 Å². The second-order valence-corrected chi connectivity index (χ2v) is 10.7. The number of imidazole rings is 1. The number of benzene rings is 3. The number of carbonyl (C=O) groups is 1. The quantitative estimate of drug-likeness (QED) is 0.445. The van der Waals surface area contributed by atoms with Gasteiger partial charge in [0.25, 0.3) is 10.0 Å². The molecule has 0 saturated heterocycles. The number of carbonyl (C=O) groups excluding carboxylic acids is 1. The van der Waals surface area contributed by atoms with Gasteiger partial charge in [-0.25, -0.2) is 13.2 Å². The van der Waals surface area contributed by atoms with Crippen molar-refractivity contribution in [2.24, 2.45) is 14.1 Å². The van der Waals surface area contributed by atoms with Crippen LogP contribution in [0.2, 0.25) is 0 Å². The van der Waals surface area contributed by atoms with Gasteiger partial charge in [-0.1, -0.05) is 23.8 Å². The third-order valence-electron chi connectivity index (χ3n) is 5.95. The molecule has 8 nitrogen and oxygen atoms in total. The zero-order chi connectivity index (χ0) is 25.5. The zero-order valence-corrected chi connectivity index (χ0v) is 21.2. The molecule has 1 amide bonds. The van der Waals surface area contributed by atoms with Crippen LogP contribution in [-0.4, -0.2) is 30.0 Å². The third-order valence-corrected chi connectivity index (χ3v) is 7.73. The lowest BCUT2D eigenvalue weighted by Gasteiger charge is -2.25. The van der Waals surface area contributed by atoms with Crippen molar-refractivity contribution in [1.29, 1.82) is 0 Å². The lowest BCUT2D eigenvalue weighted by atomic mass is 10.1. The Morgan fingerprint density at radius 1 is 0.829 bits per heavy atom. The van der Waals surface area contributed by atoms with Crippen molar-refractivity contribution in [2.45, 2.75) is 25.7 Å². The molecule has 9 heteroatoms. The first-order valence-corrected chi connectivity index (χ1v) is 12.5. The standard InChI is InChI=1S/C26H28N4O4S/c1-17-6-9-22(10-7-17)35(33,34)30(21-13-18(2)12-19(3)14-21)16-25(31)27-20-8-11-23-24(15-20)29(5)26(32)28(23)4/h6-15H,16H2,1-5H3,(H,27,31). The molecule has 0 bridgehead atoms. The number of aryl methyl sites for hydroxylation is 5. The molecular formula is C26H28N4O4S. The number of amides is 1. The van der Waals surface area contributed by atoms with Crippen LogP contribution in [0.15, 0.2) is 70.4 Å². The van der Waals surface area contributed by atoms with E-state index in [2.05, 4.69) is 5.32 Å². The van der Waals surface area contributed by atoms with E-state index in [9.17, 15) is 18.0 Å². The van der Waals surface area contributed by atoms with Crippen molar-refractivity contribution < 1.29 is 13.2 Å². The first-order valence-electron chi connectivity index (χ1n) is 11.1. The molecule has 0 aliphatic heterocycles. The van der Waals surface area contributed by atoms with Gasteiger partial charge < -0.3 is 5.32 Å². The van der Waals surface area contributed by atoms with Crippen LogP contribution in [0.5, 0.6) is 0 Å². The van der Waals surface area contributed by atoms with E-state index in [-0.39, 0.29) is 10.6 Å². The molecule has 4 aromatic rings. The van der Waals surface area contributed by atoms with Crippen molar-refractivity contribution in [1.82, 2.24) is 9.13 Å². The predicted octanol–water partition coefficient (Wildman–Crippen LogP) is 3.64. The fourth-order valence-electron chi connectivity index (χ4n) is 4.16. The van der Waals surface area contributed by atoms with Crippen LogP contribution < -0.4 is 15.3 Å². The molecule has 0 unspecified atom stereocenters. The highest BCUT2D eigenvalue weighted by atomic mass is 32.2. The van der Waals surface area contributed by atoms with E-state index in [1.165, 1.54) is 9.13 Å². The Bertz CT molecular complexity index is 1580. The number of hydrogen-bond donors (Lipinski definition) is 1. The summed E-state index contributed by atoms with van der Waals surface area (Å²) in [6, 6.07) is 17.1. The summed E-state index contributed by atoms with van der Waals surface area (Å²) in [5.74, 6) is -0.500. The number of nitrogens with zero attached hydrogens (tertiary/aromatic N) is 3. The highest BCUT2D eigenvalue weighted by Gasteiger charge is 2.27. The minimum atomic E-state index is -4.01. The summed E-state index contributed by atoms with van der Waals surface area (Å²) >= 11 is 0. The van der Waals surface area contributed by atoms with Crippen molar-refractivity contribution in [3.8, 4) is 0 Å². The first kappa shape index (κ1) is 24.3. The van der Waals surface area contributed by atoms with Crippen LogP contribution in [0.1, 0.15) is 16.7 Å².